The van der Waals surface area contributed by atoms with Crippen molar-refractivity contribution in [3.8, 4) is 11.5 Å². The largest absolute Gasteiger partial charge is 0.419 e. The zero-order valence-corrected chi connectivity index (χ0v) is 16.1. The SMILES string of the molecule is O=C(NC1CCN(Cc2nnc(-c3ccc(Cl)cc3)o2)CC1)c1ccccc1. The number of carbonyl (C=O) groups is 1. The third kappa shape index (κ3) is 4.58. The van der Waals surface area contributed by atoms with Crippen LogP contribution in [0, 0.1) is 0 Å². The average molecular weight is 397 g/mol. The Morgan fingerprint density at radius 2 is 1.79 bits per heavy atom. The lowest BCUT2D eigenvalue weighted by Gasteiger charge is -2.31. The van der Waals surface area contributed by atoms with Gasteiger partial charge in [0.15, 0.2) is 0 Å². The van der Waals surface area contributed by atoms with Crippen LogP contribution in [0.2, 0.25) is 5.02 Å². The molecule has 6 nitrogen and oxygen atoms in total. The summed E-state index contributed by atoms with van der Waals surface area (Å²) in [5.74, 6) is 1.08. The van der Waals surface area contributed by atoms with Gasteiger partial charge in [0, 0.05) is 35.3 Å². The molecule has 1 aliphatic heterocycles. The number of rotatable bonds is 5. The van der Waals surface area contributed by atoms with Gasteiger partial charge in [0.25, 0.3) is 5.91 Å². The molecule has 2 aromatic carbocycles. The van der Waals surface area contributed by atoms with Gasteiger partial charge in [0.2, 0.25) is 11.8 Å². The summed E-state index contributed by atoms with van der Waals surface area (Å²) in [6.45, 7) is 2.36. The van der Waals surface area contributed by atoms with Gasteiger partial charge in [-0.25, -0.2) is 0 Å². The zero-order chi connectivity index (χ0) is 19.3. The van der Waals surface area contributed by atoms with Gasteiger partial charge in [0.1, 0.15) is 0 Å². The van der Waals surface area contributed by atoms with E-state index in [1.807, 2.05) is 42.5 Å². The van der Waals surface area contributed by atoms with E-state index < -0.39 is 0 Å². The molecule has 0 bridgehead atoms. The van der Waals surface area contributed by atoms with Crippen molar-refractivity contribution >= 4 is 17.5 Å². The number of amides is 1. The smallest absolute Gasteiger partial charge is 0.251 e. The Kier molecular flexibility index (Phi) is 5.69. The van der Waals surface area contributed by atoms with Gasteiger partial charge in [-0.15, -0.1) is 10.2 Å². The first-order valence-electron chi connectivity index (χ1n) is 9.34. The average Bonchev–Trinajstić information content (AvgIpc) is 3.19. The van der Waals surface area contributed by atoms with Crippen molar-refractivity contribution in [1.82, 2.24) is 20.4 Å². The minimum atomic E-state index is -0.0106. The maximum atomic E-state index is 12.3. The van der Waals surface area contributed by atoms with Crippen LogP contribution in [0.3, 0.4) is 0 Å². The molecule has 3 aromatic rings. The van der Waals surface area contributed by atoms with Crippen molar-refractivity contribution in [2.75, 3.05) is 13.1 Å². The first-order valence-corrected chi connectivity index (χ1v) is 9.72. The zero-order valence-electron chi connectivity index (χ0n) is 15.3. The molecule has 1 saturated heterocycles. The number of nitrogens with one attached hydrogen (secondary N) is 1. The van der Waals surface area contributed by atoms with Gasteiger partial charge in [-0.05, 0) is 49.2 Å². The van der Waals surface area contributed by atoms with Crippen LogP contribution < -0.4 is 5.32 Å². The van der Waals surface area contributed by atoms with Gasteiger partial charge in [-0.1, -0.05) is 29.8 Å². The van der Waals surface area contributed by atoms with E-state index in [1.54, 1.807) is 12.1 Å². The Hall–Kier alpha value is -2.70. The second-order valence-electron chi connectivity index (χ2n) is 6.90. The van der Waals surface area contributed by atoms with Crippen LogP contribution in [0.15, 0.2) is 59.0 Å². The summed E-state index contributed by atoms with van der Waals surface area (Å²) in [5, 5.41) is 12.1. The third-order valence-corrected chi connectivity index (χ3v) is 5.13. The highest BCUT2D eigenvalue weighted by Crippen LogP contribution is 2.21. The molecule has 1 amide bonds. The first kappa shape index (κ1) is 18.7. The fourth-order valence-corrected chi connectivity index (χ4v) is 3.44. The molecule has 0 unspecified atom stereocenters. The van der Waals surface area contributed by atoms with E-state index in [4.69, 9.17) is 16.0 Å². The van der Waals surface area contributed by atoms with E-state index in [0.717, 1.165) is 31.5 Å². The molecule has 0 aliphatic carbocycles. The second-order valence-corrected chi connectivity index (χ2v) is 7.33. The number of carbonyl (C=O) groups excluding carboxylic acids is 1. The molecular weight excluding hydrogens is 376 g/mol. The summed E-state index contributed by atoms with van der Waals surface area (Å²) < 4.78 is 5.78. The fraction of sp³-hybridized carbons (Fsp3) is 0.286. The van der Waals surface area contributed by atoms with Gasteiger partial charge in [-0.2, -0.15) is 0 Å². The Morgan fingerprint density at radius 1 is 1.07 bits per heavy atom. The van der Waals surface area contributed by atoms with Gasteiger partial charge < -0.3 is 9.73 Å². The van der Waals surface area contributed by atoms with Crippen LogP contribution in [-0.4, -0.2) is 40.1 Å². The number of hydrogen-bond donors (Lipinski definition) is 1. The predicted molar refractivity (Wildman–Crippen MR) is 107 cm³/mol. The van der Waals surface area contributed by atoms with E-state index in [2.05, 4.69) is 20.4 Å². The van der Waals surface area contributed by atoms with Crippen LogP contribution in [0.25, 0.3) is 11.5 Å². The minimum Gasteiger partial charge on any atom is -0.419 e. The lowest BCUT2D eigenvalue weighted by Crippen LogP contribution is -2.44. The Labute approximate surface area is 168 Å². The number of halogens is 1. The lowest BCUT2D eigenvalue weighted by molar-refractivity contribution is 0.0905. The van der Waals surface area contributed by atoms with Crippen molar-refractivity contribution in [3.05, 3.63) is 71.1 Å². The third-order valence-electron chi connectivity index (χ3n) is 4.88. The number of piperidine rings is 1. The Bertz CT molecular complexity index is 919. The van der Waals surface area contributed by atoms with Crippen molar-refractivity contribution in [1.29, 1.82) is 0 Å². The topological polar surface area (TPSA) is 71.3 Å². The molecule has 1 aromatic heterocycles. The maximum absolute atomic E-state index is 12.3. The minimum absolute atomic E-state index is 0.0106. The van der Waals surface area contributed by atoms with Crippen LogP contribution in [0.4, 0.5) is 0 Å². The highest BCUT2D eigenvalue weighted by atomic mass is 35.5. The summed E-state index contributed by atoms with van der Waals surface area (Å²) in [5.41, 5.74) is 1.55. The van der Waals surface area contributed by atoms with Crippen LogP contribution in [0.1, 0.15) is 29.1 Å². The number of benzene rings is 2. The molecule has 0 spiro atoms. The quantitative estimate of drug-likeness (QED) is 0.710. The fourth-order valence-electron chi connectivity index (χ4n) is 3.31. The molecule has 28 heavy (non-hydrogen) atoms. The number of likely N-dealkylation sites (tertiary alicyclic amines) is 1. The first-order chi connectivity index (χ1) is 13.7. The molecule has 4 rings (SSSR count). The standard InChI is InChI=1S/C21H21ClN4O2/c22-17-8-6-16(7-9-17)21-25-24-19(28-21)14-26-12-10-18(11-13-26)23-20(27)15-4-2-1-3-5-15/h1-9,18H,10-14H2,(H,23,27). The number of aromatic nitrogens is 2. The Balaban J connectivity index is 1.28. The predicted octanol–water partition coefficient (Wildman–Crippen LogP) is 3.78. The monoisotopic (exact) mass is 396 g/mol. The second kappa shape index (κ2) is 8.54. The summed E-state index contributed by atoms with van der Waals surface area (Å²) in [7, 11) is 0. The summed E-state index contributed by atoms with van der Waals surface area (Å²) >= 11 is 5.91. The molecule has 7 heteroatoms. The van der Waals surface area contributed by atoms with Gasteiger partial charge in [-0.3, -0.25) is 9.69 Å². The highest BCUT2D eigenvalue weighted by Gasteiger charge is 2.22. The maximum Gasteiger partial charge on any atom is 0.251 e. The van der Waals surface area contributed by atoms with Gasteiger partial charge >= 0.3 is 0 Å². The Morgan fingerprint density at radius 3 is 2.50 bits per heavy atom. The molecule has 2 heterocycles. The van der Waals surface area contributed by atoms with Crippen molar-refractivity contribution < 1.29 is 9.21 Å². The molecule has 0 saturated carbocycles. The molecular formula is C21H21ClN4O2. The van der Waals surface area contributed by atoms with Crippen molar-refractivity contribution in [3.63, 3.8) is 0 Å². The van der Waals surface area contributed by atoms with E-state index in [-0.39, 0.29) is 11.9 Å². The summed E-state index contributed by atoms with van der Waals surface area (Å²) in [6.07, 6.45) is 1.80. The normalized spacial score (nSPS) is 15.5. The van der Waals surface area contributed by atoms with E-state index >= 15 is 0 Å². The summed E-state index contributed by atoms with van der Waals surface area (Å²) in [4.78, 5) is 14.5. The lowest BCUT2D eigenvalue weighted by atomic mass is 10.0. The van der Waals surface area contributed by atoms with E-state index in [9.17, 15) is 4.79 Å². The highest BCUT2D eigenvalue weighted by molar-refractivity contribution is 6.30. The molecule has 144 valence electrons. The molecule has 1 aliphatic rings. The van der Waals surface area contributed by atoms with E-state index in [0.29, 0.717) is 28.9 Å². The van der Waals surface area contributed by atoms with Crippen molar-refractivity contribution in [2.24, 2.45) is 0 Å². The van der Waals surface area contributed by atoms with E-state index in [1.165, 1.54) is 0 Å². The molecule has 1 fully saturated rings. The van der Waals surface area contributed by atoms with Crippen LogP contribution in [0.5, 0.6) is 0 Å². The number of hydrogen-bond acceptors (Lipinski definition) is 5. The van der Waals surface area contributed by atoms with Crippen molar-refractivity contribution in [2.45, 2.75) is 25.4 Å². The summed E-state index contributed by atoms with van der Waals surface area (Å²) in [6, 6.07) is 16.8. The van der Waals surface area contributed by atoms with Crippen LogP contribution >= 0.6 is 11.6 Å². The van der Waals surface area contributed by atoms with Crippen LogP contribution in [-0.2, 0) is 6.54 Å². The molecule has 1 N–H and O–H groups in total. The molecule has 0 radical (unpaired) electrons. The van der Waals surface area contributed by atoms with Gasteiger partial charge in [0.05, 0.1) is 6.54 Å². The number of nitrogens with zero attached hydrogens (tertiary/aromatic N) is 3. The molecule has 0 atom stereocenters.